The van der Waals surface area contributed by atoms with Crippen LogP contribution < -0.4 is 5.32 Å². The van der Waals surface area contributed by atoms with Crippen LogP contribution in [-0.2, 0) is 14.3 Å². The average Bonchev–Trinajstić information content (AvgIpc) is 2.60. The van der Waals surface area contributed by atoms with Gasteiger partial charge in [-0.25, -0.2) is 0 Å². The molecule has 6 heteroatoms. The summed E-state index contributed by atoms with van der Waals surface area (Å²) in [5, 5.41) is 23.2. The maximum atomic E-state index is 12.0. The molecule has 1 amide bonds. The van der Waals surface area contributed by atoms with Crippen molar-refractivity contribution in [3.05, 3.63) is 0 Å². The summed E-state index contributed by atoms with van der Waals surface area (Å²) in [5.41, 5.74) is -1.58. The Morgan fingerprint density at radius 2 is 2.05 bits per heavy atom. The number of hydrogen-bond acceptors (Lipinski definition) is 5. The largest absolute Gasteiger partial charge is 0.390 e. The fraction of sp³-hybridized carbons (Fsp3) is 0.923. The van der Waals surface area contributed by atoms with E-state index in [1.54, 1.807) is 13.8 Å². The van der Waals surface area contributed by atoms with Crippen LogP contribution in [0.15, 0.2) is 0 Å². The van der Waals surface area contributed by atoms with E-state index in [2.05, 4.69) is 5.32 Å². The van der Waals surface area contributed by atoms with Crippen LogP contribution in [0.2, 0.25) is 0 Å². The van der Waals surface area contributed by atoms with Crippen molar-refractivity contribution in [1.29, 1.82) is 0 Å². The van der Waals surface area contributed by atoms with Crippen molar-refractivity contribution in [1.82, 2.24) is 5.32 Å². The van der Waals surface area contributed by atoms with E-state index in [9.17, 15) is 15.0 Å². The molecule has 0 bridgehead atoms. The van der Waals surface area contributed by atoms with Gasteiger partial charge >= 0.3 is 0 Å². The lowest BCUT2D eigenvalue weighted by molar-refractivity contribution is -0.158. The SMILES string of the molecule is CCCNC(=O)[C@@]1(O)C[C@@H](O)[C@@H]2OC(C)(C)O[C@@H]2C1. The van der Waals surface area contributed by atoms with E-state index in [0.29, 0.717) is 6.54 Å². The van der Waals surface area contributed by atoms with E-state index in [1.807, 2.05) is 6.92 Å². The van der Waals surface area contributed by atoms with E-state index in [4.69, 9.17) is 9.47 Å². The number of carbonyl (C=O) groups excluding carboxylic acids is 1. The number of carbonyl (C=O) groups is 1. The summed E-state index contributed by atoms with van der Waals surface area (Å²) >= 11 is 0. The Labute approximate surface area is 113 Å². The first-order valence-electron chi connectivity index (χ1n) is 6.82. The number of nitrogens with one attached hydrogen (secondary N) is 1. The van der Waals surface area contributed by atoms with Crippen LogP contribution in [0.4, 0.5) is 0 Å². The topological polar surface area (TPSA) is 88.0 Å². The first-order valence-corrected chi connectivity index (χ1v) is 6.82. The van der Waals surface area contributed by atoms with Gasteiger partial charge in [0.05, 0.1) is 12.2 Å². The van der Waals surface area contributed by atoms with Crippen LogP contribution >= 0.6 is 0 Å². The molecule has 1 heterocycles. The molecule has 19 heavy (non-hydrogen) atoms. The Morgan fingerprint density at radius 1 is 1.37 bits per heavy atom. The van der Waals surface area contributed by atoms with Crippen LogP contribution in [0.25, 0.3) is 0 Å². The number of hydrogen-bond donors (Lipinski definition) is 3. The molecule has 0 unspecified atom stereocenters. The maximum Gasteiger partial charge on any atom is 0.252 e. The summed E-state index contributed by atoms with van der Waals surface area (Å²) in [6.45, 7) is 5.96. The zero-order chi connectivity index (χ0) is 14.3. The second kappa shape index (κ2) is 5.01. The number of aliphatic hydroxyl groups is 2. The molecule has 110 valence electrons. The minimum atomic E-state index is -1.58. The molecule has 2 rings (SSSR count). The second-order valence-corrected chi connectivity index (χ2v) is 5.90. The lowest BCUT2D eigenvalue weighted by atomic mass is 9.79. The minimum Gasteiger partial charge on any atom is -0.390 e. The summed E-state index contributed by atoms with van der Waals surface area (Å²) in [7, 11) is 0. The van der Waals surface area contributed by atoms with Crippen LogP contribution in [0.3, 0.4) is 0 Å². The van der Waals surface area contributed by atoms with Gasteiger partial charge in [0.2, 0.25) is 0 Å². The number of fused-ring (bicyclic) bond motifs is 1. The molecular formula is C13H23NO5. The van der Waals surface area contributed by atoms with E-state index >= 15 is 0 Å². The van der Waals surface area contributed by atoms with Gasteiger partial charge in [0.15, 0.2) is 5.79 Å². The molecule has 1 saturated heterocycles. The third-order valence-corrected chi connectivity index (χ3v) is 3.64. The number of aliphatic hydroxyl groups excluding tert-OH is 1. The first-order chi connectivity index (χ1) is 8.77. The Hall–Kier alpha value is -0.690. The number of amides is 1. The minimum absolute atomic E-state index is 0.0246. The van der Waals surface area contributed by atoms with Gasteiger partial charge in [0.25, 0.3) is 5.91 Å². The molecule has 2 aliphatic rings. The van der Waals surface area contributed by atoms with Crippen LogP contribution in [-0.4, -0.2) is 52.4 Å². The van der Waals surface area contributed by atoms with Crippen molar-refractivity contribution in [2.24, 2.45) is 0 Å². The lowest BCUT2D eigenvalue weighted by Gasteiger charge is -2.38. The molecule has 0 aromatic rings. The first kappa shape index (κ1) is 14.7. The van der Waals surface area contributed by atoms with E-state index in [0.717, 1.165) is 6.42 Å². The average molecular weight is 273 g/mol. The van der Waals surface area contributed by atoms with Crippen molar-refractivity contribution in [2.75, 3.05) is 6.54 Å². The summed E-state index contributed by atoms with van der Waals surface area (Å²) < 4.78 is 11.3. The Morgan fingerprint density at radius 3 is 2.68 bits per heavy atom. The molecule has 6 nitrogen and oxygen atoms in total. The van der Waals surface area contributed by atoms with Crippen LogP contribution in [0, 0.1) is 0 Å². The van der Waals surface area contributed by atoms with E-state index < -0.39 is 35.6 Å². The highest BCUT2D eigenvalue weighted by atomic mass is 16.8. The quantitative estimate of drug-likeness (QED) is 0.669. The monoisotopic (exact) mass is 273 g/mol. The lowest BCUT2D eigenvalue weighted by Crippen LogP contribution is -2.58. The van der Waals surface area contributed by atoms with Crippen molar-refractivity contribution in [2.45, 2.75) is 69.7 Å². The van der Waals surface area contributed by atoms with Crippen molar-refractivity contribution in [3.63, 3.8) is 0 Å². The Balaban J connectivity index is 2.08. The molecule has 1 saturated carbocycles. The van der Waals surface area contributed by atoms with Crippen molar-refractivity contribution >= 4 is 5.91 Å². The van der Waals surface area contributed by atoms with Gasteiger partial charge in [-0.15, -0.1) is 0 Å². The van der Waals surface area contributed by atoms with Crippen molar-refractivity contribution < 1.29 is 24.5 Å². The van der Waals surface area contributed by atoms with Gasteiger partial charge in [-0.05, 0) is 20.3 Å². The van der Waals surface area contributed by atoms with Gasteiger partial charge in [-0.3, -0.25) is 4.79 Å². The molecule has 0 spiro atoms. The third-order valence-electron chi connectivity index (χ3n) is 3.64. The number of rotatable bonds is 3. The molecule has 3 N–H and O–H groups in total. The fourth-order valence-corrected chi connectivity index (χ4v) is 2.81. The van der Waals surface area contributed by atoms with Gasteiger partial charge < -0.3 is 25.0 Å². The molecule has 0 aromatic heterocycles. The summed E-state index contributed by atoms with van der Waals surface area (Å²) in [4.78, 5) is 12.0. The van der Waals surface area contributed by atoms with Gasteiger partial charge in [0, 0.05) is 19.4 Å². The molecule has 4 atom stereocenters. The Bertz CT molecular complexity index is 359. The zero-order valence-corrected chi connectivity index (χ0v) is 11.7. The van der Waals surface area contributed by atoms with Gasteiger partial charge in [-0.2, -0.15) is 0 Å². The Kier molecular flexibility index (Phi) is 3.88. The van der Waals surface area contributed by atoms with Gasteiger partial charge in [-0.1, -0.05) is 6.92 Å². The summed E-state index contributed by atoms with van der Waals surface area (Å²) in [6, 6.07) is 0. The predicted octanol–water partition coefficient (Wildman–Crippen LogP) is -0.0815. The predicted molar refractivity (Wildman–Crippen MR) is 67.3 cm³/mol. The summed E-state index contributed by atoms with van der Waals surface area (Å²) in [5.74, 6) is -1.23. The number of ether oxygens (including phenoxy) is 2. The fourth-order valence-electron chi connectivity index (χ4n) is 2.81. The molecule has 0 aromatic carbocycles. The summed E-state index contributed by atoms with van der Waals surface area (Å²) in [6.07, 6.45) is -0.928. The highest BCUT2D eigenvalue weighted by molar-refractivity contribution is 5.85. The molecular weight excluding hydrogens is 250 g/mol. The van der Waals surface area contributed by atoms with E-state index in [-0.39, 0.29) is 12.8 Å². The normalized spacial score (nSPS) is 40.8. The van der Waals surface area contributed by atoms with Crippen molar-refractivity contribution in [3.8, 4) is 0 Å². The zero-order valence-electron chi connectivity index (χ0n) is 11.7. The second-order valence-electron chi connectivity index (χ2n) is 5.90. The van der Waals surface area contributed by atoms with Crippen LogP contribution in [0.1, 0.15) is 40.0 Å². The highest BCUT2D eigenvalue weighted by Crippen LogP contribution is 2.40. The maximum absolute atomic E-state index is 12.0. The highest BCUT2D eigenvalue weighted by Gasteiger charge is 2.55. The smallest absolute Gasteiger partial charge is 0.252 e. The molecule has 1 aliphatic carbocycles. The molecule has 2 fully saturated rings. The van der Waals surface area contributed by atoms with E-state index in [1.165, 1.54) is 0 Å². The van der Waals surface area contributed by atoms with Crippen LogP contribution in [0.5, 0.6) is 0 Å². The van der Waals surface area contributed by atoms with Gasteiger partial charge in [0.1, 0.15) is 11.7 Å². The molecule has 1 aliphatic heterocycles. The molecule has 0 radical (unpaired) electrons. The standard InChI is InChI=1S/C13H23NO5/c1-4-5-14-11(16)13(17)6-8(15)10-9(7-13)18-12(2,3)19-10/h8-10,15,17H,4-7H2,1-3H3,(H,14,16)/t8-,9-,10+,13-/m1/s1. The third kappa shape index (κ3) is 2.91.